The van der Waals surface area contributed by atoms with Gasteiger partial charge in [-0.2, -0.15) is 0 Å². The minimum atomic E-state index is -1.06. The lowest BCUT2D eigenvalue weighted by atomic mass is 9.94. The van der Waals surface area contributed by atoms with Crippen LogP contribution in [0.2, 0.25) is 0 Å². The molecule has 1 aliphatic rings. The molecule has 0 saturated heterocycles. The number of anilines is 1. The van der Waals surface area contributed by atoms with Gasteiger partial charge < -0.3 is 20.1 Å². The van der Waals surface area contributed by atoms with Crippen molar-refractivity contribution < 1.29 is 23.5 Å². The third kappa shape index (κ3) is 6.52. The van der Waals surface area contributed by atoms with Crippen molar-refractivity contribution in [2.75, 3.05) is 25.6 Å². The average Bonchev–Trinajstić information content (AvgIpc) is 3.74. The molecule has 10 heteroatoms. The van der Waals surface area contributed by atoms with Crippen LogP contribution in [0, 0.1) is 11.2 Å². The van der Waals surface area contributed by atoms with Crippen molar-refractivity contribution in [2.45, 2.75) is 25.8 Å². The highest BCUT2D eigenvalue weighted by Gasteiger charge is 2.55. The third-order valence-electron chi connectivity index (χ3n) is 7.56. The van der Waals surface area contributed by atoms with Gasteiger partial charge in [-0.05, 0) is 48.7 Å². The van der Waals surface area contributed by atoms with Crippen LogP contribution in [0.4, 0.5) is 10.1 Å². The molecule has 3 heterocycles. The number of methoxy groups -OCH3 is 1. The SMILES string of the molecule is COCCNCc1cccc(-c2cc3nccc(Oc4ccc(NC(=O)C5(C(=O)Cc6ccccc6)CC5)cc4F)c3s2)n1. The van der Waals surface area contributed by atoms with Crippen molar-refractivity contribution in [1.82, 2.24) is 15.3 Å². The highest BCUT2D eigenvalue weighted by molar-refractivity contribution is 7.22. The van der Waals surface area contributed by atoms with Gasteiger partial charge >= 0.3 is 0 Å². The molecule has 3 aromatic heterocycles. The summed E-state index contributed by atoms with van der Waals surface area (Å²) in [5, 5.41) is 6.03. The van der Waals surface area contributed by atoms with Crippen LogP contribution < -0.4 is 15.4 Å². The van der Waals surface area contributed by atoms with E-state index in [1.165, 1.54) is 23.5 Å². The fourth-order valence-corrected chi connectivity index (χ4v) is 6.00. The maximum Gasteiger partial charge on any atom is 0.238 e. The Morgan fingerprint density at radius 1 is 1.00 bits per heavy atom. The highest BCUT2D eigenvalue weighted by Crippen LogP contribution is 2.48. The second kappa shape index (κ2) is 13.0. The quantitative estimate of drug-likeness (QED) is 0.115. The lowest BCUT2D eigenvalue weighted by Gasteiger charge is -2.15. The first-order valence-electron chi connectivity index (χ1n) is 14.4. The van der Waals surface area contributed by atoms with E-state index in [9.17, 15) is 9.59 Å². The van der Waals surface area contributed by atoms with E-state index in [-0.39, 0.29) is 23.6 Å². The third-order valence-corrected chi connectivity index (χ3v) is 8.72. The Morgan fingerprint density at radius 2 is 1.84 bits per heavy atom. The Hall–Kier alpha value is -4.51. The van der Waals surface area contributed by atoms with Crippen molar-refractivity contribution >= 4 is 38.9 Å². The number of benzene rings is 2. The van der Waals surface area contributed by atoms with Crippen LogP contribution in [0.3, 0.4) is 0 Å². The summed E-state index contributed by atoms with van der Waals surface area (Å²) in [5.74, 6) is -0.701. The van der Waals surface area contributed by atoms with E-state index in [0.717, 1.165) is 33.1 Å². The van der Waals surface area contributed by atoms with Crippen LogP contribution in [-0.4, -0.2) is 41.9 Å². The molecule has 44 heavy (non-hydrogen) atoms. The van der Waals surface area contributed by atoms with Gasteiger partial charge in [0.2, 0.25) is 5.91 Å². The Bertz CT molecular complexity index is 1810. The Balaban J connectivity index is 1.14. The fourth-order valence-electron chi connectivity index (χ4n) is 4.97. The van der Waals surface area contributed by atoms with E-state index in [4.69, 9.17) is 14.5 Å². The molecule has 0 radical (unpaired) electrons. The fraction of sp³-hybridized carbons (Fsp3) is 0.235. The lowest BCUT2D eigenvalue weighted by molar-refractivity contribution is -0.132. The summed E-state index contributed by atoms with van der Waals surface area (Å²) in [5.41, 5.74) is 2.50. The van der Waals surface area contributed by atoms with E-state index in [1.54, 1.807) is 25.4 Å². The molecule has 1 aliphatic carbocycles. The number of hydrogen-bond acceptors (Lipinski definition) is 8. The maximum atomic E-state index is 15.2. The number of ketones is 1. The molecule has 2 N–H and O–H groups in total. The zero-order chi connectivity index (χ0) is 30.5. The molecular formula is C34H31FN4O4S. The van der Waals surface area contributed by atoms with E-state index >= 15 is 4.39 Å². The Kier molecular flexibility index (Phi) is 8.74. The molecule has 0 spiro atoms. The number of nitrogens with one attached hydrogen (secondary N) is 2. The summed E-state index contributed by atoms with van der Waals surface area (Å²) >= 11 is 1.47. The van der Waals surface area contributed by atoms with Gasteiger partial charge in [0.1, 0.15) is 11.2 Å². The summed E-state index contributed by atoms with van der Waals surface area (Å²) in [6, 6.07) is 23.1. The number of aromatic nitrogens is 2. The second-order valence-electron chi connectivity index (χ2n) is 10.7. The number of nitrogens with zero attached hydrogens (tertiary/aromatic N) is 2. The monoisotopic (exact) mass is 610 g/mol. The number of thiophene rings is 1. The van der Waals surface area contributed by atoms with Gasteiger partial charge in [-0.25, -0.2) is 4.39 Å². The first-order valence-corrected chi connectivity index (χ1v) is 15.2. The summed E-state index contributed by atoms with van der Waals surface area (Å²) < 4.78 is 27.1. The Labute approximate surface area is 258 Å². The molecule has 1 fully saturated rings. The van der Waals surface area contributed by atoms with Gasteiger partial charge in [-0.15, -0.1) is 11.3 Å². The van der Waals surface area contributed by atoms with Gasteiger partial charge in [-0.1, -0.05) is 36.4 Å². The van der Waals surface area contributed by atoms with E-state index in [2.05, 4.69) is 15.6 Å². The first kappa shape index (κ1) is 29.6. The number of Topliss-reactive ketones (excluding diaryl/α,β-unsaturated/α-hetero) is 1. The maximum absolute atomic E-state index is 15.2. The van der Waals surface area contributed by atoms with Crippen LogP contribution in [0.15, 0.2) is 85.1 Å². The van der Waals surface area contributed by atoms with Gasteiger partial charge in [0.25, 0.3) is 0 Å². The second-order valence-corrected chi connectivity index (χ2v) is 11.7. The number of carbonyl (C=O) groups is 2. The number of halogens is 1. The van der Waals surface area contributed by atoms with Crippen molar-refractivity contribution in [3.63, 3.8) is 0 Å². The summed E-state index contributed by atoms with van der Waals surface area (Å²) in [4.78, 5) is 36.2. The van der Waals surface area contributed by atoms with Crippen LogP contribution in [0.5, 0.6) is 11.5 Å². The molecule has 2 aromatic carbocycles. The lowest BCUT2D eigenvalue weighted by Crippen LogP contribution is -2.32. The zero-order valence-corrected chi connectivity index (χ0v) is 25.0. The normalized spacial score (nSPS) is 13.5. The summed E-state index contributed by atoms with van der Waals surface area (Å²) in [6.45, 7) is 1.98. The van der Waals surface area contributed by atoms with Crippen molar-refractivity contribution in [3.05, 3.63) is 102 Å². The molecule has 1 saturated carbocycles. The standard InChI is InChI=1S/C34H31FN4O4S/c1-42-17-16-36-21-24-8-5-9-26(38-24)30-20-27-32(44-30)29(12-15-37-27)43-28-11-10-23(19-25(28)35)39-33(41)34(13-14-34)31(40)18-22-6-3-2-4-7-22/h2-12,15,19-20,36H,13-14,16-18,21H2,1H3,(H,39,41). The molecule has 0 atom stereocenters. The van der Waals surface area contributed by atoms with Crippen molar-refractivity contribution in [3.8, 4) is 22.1 Å². The summed E-state index contributed by atoms with van der Waals surface area (Å²) in [7, 11) is 1.67. The predicted molar refractivity (Wildman–Crippen MR) is 168 cm³/mol. The Morgan fingerprint density at radius 3 is 2.61 bits per heavy atom. The highest BCUT2D eigenvalue weighted by atomic mass is 32.1. The van der Waals surface area contributed by atoms with Crippen LogP contribution in [-0.2, 0) is 27.3 Å². The molecule has 8 nitrogen and oxygen atoms in total. The average molecular weight is 611 g/mol. The number of amides is 1. The molecule has 0 aliphatic heterocycles. The van der Waals surface area contributed by atoms with Crippen LogP contribution >= 0.6 is 11.3 Å². The predicted octanol–water partition coefficient (Wildman–Crippen LogP) is 6.56. The number of ether oxygens (including phenoxy) is 2. The minimum Gasteiger partial charge on any atom is -0.453 e. The van der Waals surface area contributed by atoms with E-state index in [0.29, 0.717) is 37.3 Å². The van der Waals surface area contributed by atoms with Gasteiger partial charge in [-0.3, -0.25) is 19.6 Å². The van der Waals surface area contributed by atoms with Crippen molar-refractivity contribution in [1.29, 1.82) is 0 Å². The molecular weight excluding hydrogens is 579 g/mol. The molecule has 0 unspecified atom stereocenters. The molecule has 224 valence electrons. The van der Waals surface area contributed by atoms with E-state index in [1.807, 2.05) is 54.6 Å². The van der Waals surface area contributed by atoms with E-state index < -0.39 is 17.1 Å². The number of pyridine rings is 2. The smallest absolute Gasteiger partial charge is 0.238 e. The molecule has 1 amide bonds. The summed E-state index contributed by atoms with van der Waals surface area (Å²) in [6.07, 6.45) is 2.78. The van der Waals surface area contributed by atoms with Crippen LogP contribution in [0.1, 0.15) is 24.1 Å². The van der Waals surface area contributed by atoms with Gasteiger partial charge in [0.15, 0.2) is 17.3 Å². The number of hydrogen-bond donors (Lipinski definition) is 2. The first-order chi connectivity index (χ1) is 21.4. The van der Waals surface area contributed by atoms with Crippen molar-refractivity contribution in [2.24, 2.45) is 5.41 Å². The zero-order valence-electron chi connectivity index (χ0n) is 24.1. The molecule has 0 bridgehead atoms. The van der Waals surface area contributed by atoms with Crippen LogP contribution in [0.25, 0.3) is 20.8 Å². The number of carbonyl (C=O) groups excluding carboxylic acids is 2. The molecule has 5 aromatic rings. The molecule has 6 rings (SSSR count). The van der Waals surface area contributed by atoms with Gasteiger partial charge in [0, 0.05) is 50.6 Å². The topological polar surface area (TPSA) is 102 Å². The van der Waals surface area contributed by atoms with Gasteiger partial charge in [0.05, 0.1) is 33.1 Å². The number of fused-ring (bicyclic) bond motifs is 1. The number of rotatable bonds is 13. The minimum absolute atomic E-state index is 0.00833. The largest absolute Gasteiger partial charge is 0.453 e.